The lowest BCUT2D eigenvalue weighted by Gasteiger charge is -2.30. The molecule has 2 aliphatic rings. The predicted octanol–water partition coefficient (Wildman–Crippen LogP) is 1.46. The van der Waals surface area contributed by atoms with Gasteiger partial charge in [-0.1, -0.05) is 13.3 Å². The molecule has 1 saturated heterocycles. The molecule has 116 valence electrons. The van der Waals surface area contributed by atoms with Gasteiger partial charge in [0.1, 0.15) is 5.54 Å². The Bertz CT molecular complexity index is 331. The topological polar surface area (TPSA) is 75.8 Å². The molecule has 1 aliphatic carbocycles. The van der Waals surface area contributed by atoms with Crippen molar-refractivity contribution in [2.45, 2.75) is 57.1 Å². The van der Waals surface area contributed by atoms with Gasteiger partial charge in [-0.2, -0.15) is 0 Å². The number of hydrogen-bond acceptors (Lipinski definition) is 4. The van der Waals surface area contributed by atoms with Gasteiger partial charge in [0.2, 0.25) is 0 Å². The highest BCUT2D eigenvalue weighted by Crippen LogP contribution is 2.36. The summed E-state index contributed by atoms with van der Waals surface area (Å²) < 4.78 is 5.68. The Labute approximate surface area is 121 Å². The minimum Gasteiger partial charge on any atom is -0.480 e. The molecule has 0 aromatic carbocycles. The van der Waals surface area contributed by atoms with Crippen molar-refractivity contribution in [2.24, 2.45) is 11.7 Å². The standard InChI is InChI=1S/C15H28N2O3/c1-2-17(11-13-6-4-10-20-13)9-7-12-5-3-8-15(12,16)14(18)19/h12-13H,2-11,16H2,1H3,(H,18,19). The number of ether oxygens (including phenoxy) is 1. The summed E-state index contributed by atoms with van der Waals surface area (Å²) in [4.78, 5) is 13.7. The SMILES string of the molecule is CCN(CCC1CCCC1(N)C(=O)O)CC1CCCO1. The smallest absolute Gasteiger partial charge is 0.323 e. The molecule has 20 heavy (non-hydrogen) atoms. The highest BCUT2D eigenvalue weighted by molar-refractivity contribution is 5.79. The first-order valence-electron chi connectivity index (χ1n) is 7.92. The molecule has 2 rings (SSSR count). The molecule has 1 saturated carbocycles. The number of rotatable bonds is 7. The summed E-state index contributed by atoms with van der Waals surface area (Å²) in [6.07, 6.45) is 6.05. The summed E-state index contributed by atoms with van der Waals surface area (Å²) in [5, 5.41) is 9.34. The van der Waals surface area contributed by atoms with Crippen LogP contribution in [0.2, 0.25) is 0 Å². The first-order chi connectivity index (χ1) is 9.56. The van der Waals surface area contributed by atoms with Gasteiger partial charge in [0, 0.05) is 13.2 Å². The fourth-order valence-electron chi connectivity index (χ4n) is 3.58. The lowest BCUT2D eigenvalue weighted by molar-refractivity contribution is -0.144. The van der Waals surface area contributed by atoms with Crippen LogP contribution >= 0.6 is 0 Å². The Morgan fingerprint density at radius 2 is 2.25 bits per heavy atom. The van der Waals surface area contributed by atoms with Crippen molar-refractivity contribution in [1.82, 2.24) is 4.90 Å². The fraction of sp³-hybridized carbons (Fsp3) is 0.933. The van der Waals surface area contributed by atoms with Gasteiger partial charge in [-0.3, -0.25) is 4.79 Å². The first kappa shape index (κ1) is 15.7. The summed E-state index contributed by atoms with van der Waals surface area (Å²) in [5.41, 5.74) is 5.10. The zero-order valence-electron chi connectivity index (χ0n) is 12.5. The maximum atomic E-state index is 11.4. The van der Waals surface area contributed by atoms with Gasteiger partial charge in [-0.05, 0) is 51.1 Å². The first-order valence-corrected chi connectivity index (χ1v) is 7.92. The summed E-state index contributed by atoms with van der Waals surface area (Å²) in [5.74, 6) is -0.722. The number of carbonyl (C=O) groups is 1. The van der Waals surface area contributed by atoms with E-state index in [-0.39, 0.29) is 5.92 Å². The van der Waals surface area contributed by atoms with Gasteiger partial charge in [-0.15, -0.1) is 0 Å². The number of aliphatic carboxylic acids is 1. The molecule has 3 N–H and O–H groups in total. The van der Waals surface area contributed by atoms with E-state index in [0.29, 0.717) is 12.5 Å². The molecular formula is C15H28N2O3. The van der Waals surface area contributed by atoms with Crippen LogP contribution in [0.5, 0.6) is 0 Å². The molecular weight excluding hydrogens is 256 g/mol. The van der Waals surface area contributed by atoms with Gasteiger partial charge >= 0.3 is 5.97 Å². The van der Waals surface area contributed by atoms with Crippen LogP contribution in [-0.4, -0.2) is 53.9 Å². The molecule has 2 fully saturated rings. The average molecular weight is 284 g/mol. The Kier molecular flexibility index (Phi) is 5.41. The van der Waals surface area contributed by atoms with E-state index in [2.05, 4.69) is 11.8 Å². The second kappa shape index (κ2) is 6.87. The third kappa shape index (κ3) is 3.51. The maximum Gasteiger partial charge on any atom is 0.323 e. The van der Waals surface area contributed by atoms with E-state index in [4.69, 9.17) is 10.5 Å². The van der Waals surface area contributed by atoms with Crippen LogP contribution in [-0.2, 0) is 9.53 Å². The largest absolute Gasteiger partial charge is 0.480 e. The minimum atomic E-state index is -0.997. The third-order valence-corrected chi connectivity index (χ3v) is 5.00. The third-order valence-electron chi connectivity index (χ3n) is 5.00. The number of nitrogens with two attached hydrogens (primary N) is 1. The van der Waals surface area contributed by atoms with Crippen molar-refractivity contribution in [3.05, 3.63) is 0 Å². The zero-order valence-corrected chi connectivity index (χ0v) is 12.5. The number of nitrogens with zero attached hydrogens (tertiary/aromatic N) is 1. The number of carboxylic acid groups (broad SMARTS) is 1. The summed E-state index contributed by atoms with van der Waals surface area (Å²) in [6, 6.07) is 0. The zero-order chi connectivity index (χ0) is 14.6. The molecule has 3 unspecified atom stereocenters. The van der Waals surface area contributed by atoms with Crippen molar-refractivity contribution >= 4 is 5.97 Å². The second-order valence-electron chi connectivity index (χ2n) is 6.25. The van der Waals surface area contributed by atoms with Crippen LogP contribution in [0.4, 0.5) is 0 Å². The number of hydrogen-bond donors (Lipinski definition) is 2. The molecule has 0 spiro atoms. The van der Waals surface area contributed by atoms with E-state index in [9.17, 15) is 9.90 Å². The van der Waals surface area contributed by atoms with Crippen molar-refractivity contribution in [2.75, 3.05) is 26.2 Å². The quantitative estimate of drug-likeness (QED) is 0.740. The van der Waals surface area contributed by atoms with E-state index >= 15 is 0 Å². The van der Waals surface area contributed by atoms with E-state index in [1.165, 1.54) is 0 Å². The molecule has 1 aliphatic heterocycles. The van der Waals surface area contributed by atoms with Crippen molar-refractivity contribution < 1.29 is 14.6 Å². The number of carboxylic acids is 1. The van der Waals surface area contributed by atoms with E-state index in [0.717, 1.165) is 58.3 Å². The molecule has 5 heteroatoms. The molecule has 1 heterocycles. The van der Waals surface area contributed by atoms with Crippen LogP contribution in [0, 0.1) is 5.92 Å². The molecule has 3 atom stereocenters. The van der Waals surface area contributed by atoms with Gasteiger partial charge in [-0.25, -0.2) is 0 Å². The average Bonchev–Trinajstić information content (AvgIpc) is 3.05. The number of likely N-dealkylation sites (N-methyl/N-ethyl adjacent to an activating group) is 1. The highest BCUT2D eigenvalue weighted by atomic mass is 16.5. The summed E-state index contributed by atoms with van der Waals surface area (Å²) >= 11 is 0. The Balaban J connectivity index is 1.81. The van der Waals surface area contributed by atoms with Gasteiger partial charge in [0.25, 0.3) is 0 Å². The lowest BCUT2D eigenvalue weighted by atomic mass is 9.85. The monoisotopic (exact) mass is 284 g/mol. The predicted molar refractivity (Wildman–Crippen MR) is 77.6 cm³/mol. The molecule has 0 aromatic heterocycles. The van der Waals surface area contributed by atoms with Gasteiger partial charge < -0.3 is 20.5 Å². The van der Waals surface area contributed by atoms with Crippen LogP contribution in [0.25, 0.3) is 0 Å². The Morgan fingerprint density at radius 1 is 1.45 bits per heavy atom. The summed E-state index contributed by atoms with van der Waals surface area (Å²) in [7, 11) is 0. The van der Waals surface area contributed by atoms with Crippen molar-refractivity contribution in [1.29, 1.82) is 0 Å². The molecule has 0 aromatic rings. The van der Waals surface area contributed by atoms with Crippen LogP contribution in [0.3, 0.4) is 0 Å². The van der Waals surface area contributed by atoms with E-state index in [1.54, 1.807) is 0 Å². The highest BCUT2D eigenvalue weighted by Gasteiger charge is 2.45. The van der Waals surface area contributed by atoms with E-state index in [1.807, 2.05) is 0 Å². The van der Waals surface area contributed by atoms with Crippen molar-refractivity contribution in [3.8, 4) is 0 Å². The Hall–Kier alpha value is -0.650. The lowest BCUT2D eigenvalue weighted by Crippen LogP contribution is -2.51. The maximum absolute atomic E-state index is 11.4. The Morgan fingerprint density at radius 3 is 2.85 bits per heavy atom. The summed E-state index contributed by atoms with van der Waals surface area (Å²) in [6.45, 7) is 5.91. The second-order valence-corrected chi connectivity index (χ2v) is 6.25. The fourth-order valence-corrected chi connectivity index (χ4v) is 3.58. The van der Waals surface area contributed by atoms with Crippen molar-refractivity contribution in [3.63, 3.8) is 0 Å². The van der Waals surface area contributed by atoms with Crippen LogP contribution in [0.15, 0.2) is 0 Å². The van der Waals surface area contributed by atoms with Crippen LogP contribution in [0.1, 0.15) is 45.4 Å². The minimum absolute atomic E-state index is 0.110. The molecule has 0 amide bonds. The normalized spacial score (nSPS) is 34.0. The molecule has 5 nitrogen and oxygen atoms in total. The van der Waals surface area contributed by atoms with E-state index < -0.39 is 11.5 Å². The van der Waals surface area contributed by atoms with Crippen LogP contribution < -0.4 is 5.73 Å². The molecule has 0 radical (unpaired) electrons. The molecule has 0 bridgehead atoms. The van der Waals surface area contributed by atoms with Gasteiger partial charge in [0.15, 0.2) is 0 Å². The van der Waals surface area contributed by atoms with Gasteiger partial charge in [0.05, 0.1) is 6.10 Å².